The van der Waals surface area contributed by atoms with Gasteiger partial charge in [0, 0.05) is 24.0 Å². The van der Waals surface area contributed by atoms with Gasteiger partial charge in [0.05, 0.1) is 0 Å². The number of carbonyl (C=O) groups excluding carboxylic acids is 2. The molecule has 0 saturated carbocycles. The molecule has 0 saturated heterocycles. The molecule has 3 rings (SSSR count). The van der Waals surface area contributed by atoms with Crippen molar-refractivity contribution in [3.05, 3.63) is 32.7 Å². The monoisotopic (exact) mass is 240 g/mol. The van der Waals surface area contributed by atoms with E-state index in [1.807, 2.05) is 27.7 Å². The van der Waals surface area contributed by atoms with E-state index in [9.17, 15) is 9.59 Å². The van der Waals surface area contributed by atoms with Crippen LogP contribution in [0.15, 0.2) is 0 Å². The Bertz CT molecular complexity index is 683. The van der Waals surface area contributed by atoms with E-state index in [1.54, 1.807) is 0 Å². The number of hydrogen-bond donors (Lipinski definition) is 0. The summed E-state index contributed by atoms with van der Waals surface area (Å²) in [5, 5.41) is 2.22. The molecular formula is C16H16O2. The van der Waals surface area contributed by atoms with Crippen LogP contribution in [0.2, 0.25) is 0 Å². The summed E-state index contributed by atoms with van der Waals surface area (Å²) in [6.07, 6.45) is 1.01. The normalized spacial score (nSPS) is 17.6. The molecule has 0 heterocycles. The molecule has 0 radical (unpaired) electrons. The molecule has 2 aliphatic rings. The lowest BCUT2D eigenvalue weighted by atomic mass is 9.95. The first-order valence-corrected chi connectivity index (χ1v) is 6.32. The van der Waals surface area contributed by atoms with Gasteiger partial charge >= 0.3 is 0 Å². The van der Waals surface area contributed by atoms with E-state index in [2.05, 4.69) is 0 Å². The highest BCUT2D eigenvalue weighted by atomic mass is 16.1. The van der Waals surface area contributed by atoms with Crippen LogP contribution in [0.3, 0.4) is 0 Å². The van der Waals surface area contributed by atoms with Crippen molar-refractivity contribution < 1.29 is 9.59 Å². The summed E-state index contributed by atoms with van der Waals surface area (Å²) in [6.45, 7) is 7.90. The first-order chi connectivity index (χ1) is 8.43. The molecule has 18 heavy (non-hydrogen) atoms. The summed E-state index contributed by atoms with van der Waals surface area (Å²) in [4.78, 5) is 23.8. The van der Waals surface area contributed by atoms with Crippen LogP contribution >= 0.6 is 0 Å². The molecule has 2 aliphatic carbocycles. The van der Waals surface area contributed by atoms with Crippen LogP contribution in [-0.2, 0) is 22.4 Å². The van der Waals surface area contributed by atoms with Crippen LogP contribution in [0, 0.1) is 13.8 Å². The van der Waals surface area contributed by atoms with E-state index >= 15 is 0 Å². The summed E-state index contributed by atoms with van der Waals surface area (Å²) in [7, 11) is 0. The molecule has 0 aliphatic heterocycles. The summed E-state index contributed by atoms with van der Waals surface area (Å²) in [6, 6.07) is 0. The van der Waals surface area contributed by atoms with Crippen molar-refractivity contribution in [2.24, 2.45) is 0 Å². The lowest BCUT2D eigenvalue weighted by Crippen LogP contribution is -2.24. The number of fused-ring (bicyclic) bond motifs is 2. The van der Waals surface area contributed by atoms with Gasteiger partial charge in [-0.25, -0.2) is 0 Å². The minimum atomic E-state index is 0.226. The van der Waals surface area contributed by atoms with E-state index < -0.39 is 0 Å². The van der Waals surface area contributed by atoms with E-state index in [-0.39, 0.29) is 11.6 Å². The van der Waals surface area contributed by atoms with Crippen molar-refractivity contribution in [2.45, 2.75) is 40.5 Å². The van der Waals surface area contributed by atoms with Gasteiger partial charge in [-0.3, -0.25) is 9.59 Å². The fourth-order valence-corrected chi connectivity index (χ4v) is 3.45. The SMILES string of the molecule is CC1=c2c(C)c3c(c(C)c2CC1=O)=C(C)C(=O)C3. The largest absolute Gasteiger partial charge is 0.294 e. The van der Waals surface area contributed by atoms with Crippen molar-refractivity contribution in [3.8, 4) is 0 Å². The molecule has 0 amide bonds. The van der Waals surface area contributed by atoms with Crippen molar-refractivity contribution in [3.63, 3.8) is 0 Å². The summed E-state index contributed by atoms with van der Waals surface area (Å²) >= 11 is 0. The van der Waals surface area contributed by atoms with Gasteiger partial charge in [0.1, 0.15) is 0 Å². The van der Waals surface area contributed by atoms with Gasteiger partial charge in [-0.15, -0.1) is 0 Å². The van der Waals surface area contributed by atoms with Crippen molar-refractivity contribution in [1.29, 1.82) is 0 Å². The Hall–Kier alpha value is -1.70. The Morgan fingerprint density at radius 3 is 1.33 bits per heavy atom. The molecule has 1 aromatic rings. The molecule has 0 atom stereocenters. The number of Topliss-reactive ketones (excluding diaryl/α,β-unsaturated/α-hetero) is 2. The van der Waals surface area contributed by atoms with E-state index in [0.29, 0.717) is 12.8 Å². The first kappa shape index (κ1) is 11.4. The molecule has 0 N–H and O–H groups in total. The predicted octanol–water partition coefficient (Wildman–Crippen LogP) is 0.895. The Morgan fingerprint density at radius 2 is 1.00 bits per heavy atom. The molecule has 2 heteroatoms. The summed E-state index contributed by atoms with van der Waals surface area (Å²) in [5.74, 6) is 0.452. The number of ketones is 2. The number of carbonyl (C=O) groups is 2. The molecule has 0 bridgehead atoms. The van der Waals surface area contributed by atoms with Crippen LogP contribution < -0.4 is 10.4 Å². The van der Waals surface area contributed by atoms with Crippen molar-refractivity contribution >= 4 is 22.7 Å². The zero-order chi connectivity index (χ0) is 13.2. The molecule has 0 unspecified atom stereocenters. The van der Waals surface area contributed by atoms with Crippen LogP contribution in [0.25, 0.3) is 11.1 Å². The third-order valence-electron chi connectivity index (χ3n) is 4.52. The Balaban J connectivity index is 2.58. The molecule has 1 aromatic carbocycles. The zero-order valence-electron chi connectivity index (χ0n) is 11.2. The standard InChI is InChI=1S/C16H16O2/c1-7-11-5-13(17)10(4)16(11)8(2)12-6-14(18)9(3)15(7)12/h5-6H2,1-4H3. The van der Waals surface area contributed by atoms with Gasteiger partial charge in [0.25, 0.3) is 0 Å². The van der Waals surface area contributed by atoms with Gasteiger partial charge in [0.15, 0.2) is 11.6 Å². The van der Waals surface area contributed by atoms with Crippen LogP contribution in [0.1, 0.15) is 36.1 Å². The molecule has 92 valence electrons. The highest BCUT2D eigenvalue weighted by molar-refractivity contribution is 6.20. The van der Waals surface area contributed by atoms with E-state index in [4.69, 9.17) is 0 Å². The van der Waals surface area contributed by atoms with Crippen molar-refractivity contribution in [1.82, 2.24) is 0 Å². The molecule has 0 fully saturated rings. The average Bonchev–Trinajstić information content (AvgIpc) is 2.78. The van der Waals surface area contributed by atoms with E-state index in [0.717, 1.165) is 43.8 Å². The first-order valence-electron chi connectivity index (χ1n) is 6.32. The summed E-state index contributed by atoms with van der Waals surface area (Å²) < 4.78 is 0. The Kier molecular flexibility index (Phi) is 2.16. The second-order valence-corrected chi connectivity index (χ2v) is 5.41. The maximum atomic E-state index is 11.9. The lowest BCUT2D eigenvalue weighted by molar-refractivity contribution is -0.113. The highest BCUT2D eigenvalue weighted by Crippen LogP contribution is 2.21. The molecule has 0 aromatic heterocycles. The van der Waals surface area contributed by atoms with Gasteiger partial charge in [-0.2, -0.15) is 0 Å². The summed E-state index contributed by atoms with van der Waals surface area (Å²) in [5.41, 5.74) is 6.29. The van der Waals surface area contributed by atoms with Crippen molar-refractivity contribution in [2.75, 3.05) is 0 Å². The van der Waals surface area contributed by atoms with Crippen LogP contribution in [-0.4, -0.2) is 11.6 Å². The fraction of sp³-hybridized carbons (Fsp3) is 0.375. The van der Waals surface area contributed by atoms with E-state index in [1.165, 1.54) is 0 Å². The number of hydrogen-bond acceptors (Lipinski definition) is 2. The number of benzene rings is 1. The van der Waals surface area contributed by atoms with Gasteiger partial charge in [-0.1, -0.05) is 0 Å². The third kappa shape index (κ3) is 1.18. The van der Waals surface area contributed by atoms with Crippen LogP contribution in [0.4, 0.5) is 0 Å². The maximum absolute atomic E-state index is 11.9. The van der Waals surface area contributed by atoms with Gasteiger partial charge in [-0.05, 0) is 60.4 Å². The van der Waals surface area contributed by atoms with Gasteiger partial charge in [0.2, 0.25) is 0 Å². The molecular weight excluding hydrogens is 224 g/mol. The van der Waals surface area contributed by atoms with Gasteiger partial charge < -0.3 is 0 Å². The third-order valence-corrected chi connectivity index (χ3v) is 4.52. The van der Waals surface area contributed by atoms with Crippen LogP contribution in [0.5, 0.6) is 0 Å². The second-order valence-electron chi connectivity index (χ2n) is 5.41. The zero-order valence-corrected chi connectivity index (χ0v) is 11.2. The lowest BCUT2D eigenvalue weighted by Gasteiger charge is -2.09. The Labute approximate surface area is 106 Å². The quantitative estimate of drug-likeness (QED) is 0.675. The minimum absolute atomic E-state index is 0.226. The molecule has 2 nitrogen and oxygen atoms in total. The molecule has 0 spiro atoms. The highest BCUT2D eigenvalue weighted by Gasteiger charge is 2.27. The second kappa shape index (κ2) is 3.41. The average molecular weight is 240 g/mol. The minimum Gasteiger partial charge on any atom is -0.294 e. The maximum Gasteiger partial charge on any atom is 0.163 e. The topological polar surface area (TPSA) is 34.1 Å². The predicted molar refractivity (Wildman–Crippen MR) is 70.8 cm³/mol. The number of rotatable bonds is 0. The smallest absolute Gasteiger partial charge is 0.163 e. The Morgan fingerprint density at radius 1 is 0.667 bits per heavy atom. The fourth-order valence-electron chi connectivity index (χ4n) is 3.45.